The Hall–Kier alpha value is -7.63. The van der Waals surface area contributed by atoms with Crippen LogP contribution in [0.2, 0.25) is 0 Å². The van der Waals surface area contributed by atoms with E-state index in [1.807, 2.05) is 91.0 Å². The van der Waals surface area contributed by atoms with Crippen LogP contribution in [0.3, 0.4) is 0 Å². The smallest absolute Gasteiger partial charge is 0.164 e. The van der Waals surface area contributed by atoms with Gasteiger partial charge in [0.1, 0.15) is 5.58 Å². The fourth-order valence-electron chi connectivity index (χ4n) is 7.40. The van der Waals surface area contributed by atoms with Crippen molar-refractivity contribution in [2.24, 2.45) is 0 Å². The molecule has 0 aliphatic rings. The number of hydrogen-bond acceptors (Lipinski definition) is 5. The summed E-state index contributed by atoms with van der Waals surface area (Å²) >= 11 is 0. The standard InChI is InChI=1S/C51H34N4O/c1-5-15-35(16-6-1)37-25-29-41(30-26-37)55(42-31-27-38(28-32-42)36-17-7-2-8-18-36)45-34-33-44(47-43-23-13-14-24-46(43)56-48(45)47)51-53-49(39-19-9-3-10-20-39)52-50(54-51)40-21-11-4-12-22-40/h1-34H. The SMILES string of the molecule is c1ccc(-c2ccc(N(c3ccc(-c4ccccc4)cc3)c3ccc(-c4nc(-c5ccccc5)nc(-c5ccccc5)n4)c4c3oc3ccccc34)cc2)cc1. The van der Waals surface area contributed by atoms with Crippen molar-refractivity contribution in [2.45, 2.75) is 0 Å². The zero-order chi connectivity index (χ0) is 37.3. The third kappa shape index (κ3) is 6.17. The highest BCUT2D eigenvalue weighted by molar-refractivity contribution is 6.16. The monoisotopic (exact) mass is 718 g/mol. The largest absolute Gasteiger partial charge is 0.454 e. The molecule has 10 aromatic rings. The van der Waals surface area contributed by atoms with E-state index in [1.165, 1.54) is 11.1 Å². The van der Waals surface area contributed by atoms with Gasteiger partial charge in [0.2, 0.25) is 0 Å². The second-order valence-corrected chi connectivity index (χ2v) is 13.6. The second-order valence-electron chi connectivity index (χ2n) is 13.6. The van der Waals surface area contributed by atoms with Crippen LogP contribution in [0.15, 0.2) is 211 Å². The topological polar surface area (TPSA) is 55.1 Å². The summed E-state index contributed by atoms with van der Waals surface area (Å²) in [5, 5.41) is 1.93. The number of hydrogen-bond donors (Lipinski definition) is 0. The summed E-state index contributed by atoms with van der Waals surface area (Å²) in [7, 11) is 0. The molecular formula is C51H34N4O. The van der Waals surface area contributed by atoms with E-state index in [9.17, 15) is 0 Å². The van der Waals surface area contributed by atoms with Crippen molar-refractivity contribution in [3.05, 3.63) is 206 Å². The Labute approximate surface area is 324 Å². The van der Waals surface area contributed by atoms with Gasteiger partial charge in [-0.1, -0.05) is 164 Å². The lowest BCUT2D eigenvalue weighted by Gasteiger charge is -2.26. The third-order valence-corrected chi connectivity index (χ3v) is 10.2. The van der Waals surface area contributed by atoms with Gasteiger partial charge in [-0.25, -0.2) is 15.0 Å². The highest BCUT2D eigenvalue weighted by Gasteiger charge is 2.24. The Morgan fingerprint density at radius 2 is 0.750 bits per heavy atom. The zero-order valence-electron chi connectivity index (χ0n) is 30.3. The molecule has 0 N–H and O–H groups in total. The van der Waals surface area contributed by atoms with Gasteiger partial charge in [-0.15, -0.1) is 0 Å². The van der Waals surface area contributed by atoms with Gasteiger partial charge in [0, 0.05) is 38.8 Å². The molecule has 0 amide bonds. The predicted octanol–water partition coefficient (Wildman–Crippen LogP) is 13.6. The van der Waals surface area contributed by atoms with Crippen LogP contribution in [0.4, 0.5) is 17.1 Å². The normalized spacial score (nSPS) is 11.2. The number of anilines is 3. The average Bonchev–Trinajstić information content (AvgIpc) is 3.68. The fraction of sp³-hybridized carbons (Fsp3) is 0. The summed E-state index contributed by atoms with van der Waals surface area (Å²) in [5.74, 6) is 1.79. The zero-order valence-corrected chi connectivity index (χ0v) is 30.3. The number of benzene rings is 8. The fourth-order valence-corrected chi connectivity index (χ4v) is 7.40. The molecule has 264 valence electrons. The average molecular weight is 719 g/mol. The van der Waals surface area contributed by atoms with E-state index in [2.05, 4.69) is 120 Å². The summed E-state index contributed by atoms with van der Waals surface area (Å²) in [6.45, 7) is 0. The summed E-state index contributed by atoms with van der Waals surface area (Å²) in [6, 6.07) is 71.0. The Kier molecular flexibility index (Phi) is 8.43. The lowest BCUT2D eigenvalue weighted by molar-refractivity contribution is 0.669. The molecule has 0 radical (unpaired) electrons. The van der Waals surface area contributed by atoms with E-state index >= 15 is 0 Å². The maximum absolute atomic E-state index is 6.87. The molecule has 0 fully saturated rings. The first-order chi connectivity index (χ1) is 27.8. The molecule has 0 bridgehead atoms. The van der Waals surface area contributed by atoms with Gasteiger partial charge in [-0.3, -0.25) is 0 Å². The highest BCUT2D eigenvalue weighted by atomic mass is 16.3. The maximum atomic E-state index is 6.87. The molecule has 5 heteroatoms. The van der Waals surface area contributed by atoms with Crippen LogP contribution in [-0.2, 0) is 0 Å². The van der Waals surface area contributed by atoms with Crippen LogP contribution in [0.1, 0.15) is 0 Å². The summed E-state index contributed by atoms with van der Waals surface area (Å²) < 4.78 is 6.87. The molecular weight excluding hydrogens is 685 g/mol. The van der Waals surface area contributed by atoms with Gasteiger partial charge in [-0.2, -0.15) is 0 Å². The Morgan fingerprint density at radius 3 is 1.25 bits per heavy atom. The van der Waals surface area contributed by atoms with Crippen molar-refractivity contribution in [3.8, 4) is 56.4 Å². The quantitative estimate of drug-likeness (QED) is 0.157. The van der Waals surface area contributed by atoms with Crippen LogP contribution in [0, 0.1) is 0 Å². The molecule has 0 unspecified atom stereocenters. The Bertz CT molecular complexity index is 2790. The number of furan rings is 1. The van der Waals surface area contributed by atoms with Crippen molar-refractivity contribution in [1.82, 2.24) is 15.0 Å². The van der Waals surface area contributed by atoms with Crippen LogP contribution in [-0.4, -0.2) is 15.0 Å². The maximum Gasteiger partial charge on any atom is 0.164 e. The van der Waals surface area contributed by atoms with Gasteiger partial charge >= 0.3 is 0 Å². The van der Waals surface area contributed by atoms with E-state index in [4.69, 9.17) is 19.4 Å². The number of aromatic nitrogens is 3. The molecule has 2 aromatic heterocycles. The molecule has 5 nitrogen and oxygen atoms in total. The second kappa shape index (κ2) is 14.3. The van der Waals surface area contributed by atoms with E-state index < -0.39 is 0 Å². The van der Waals surface area contributed by atoms with Crippen LogP contribution >= 0.6 is 0 Å². The van der Waals surface area contributed by atoms with Gasteiger partial charge in [0.05, 0.1) is 5.69 Å². The molecule has 0 aliphatic carbocycles. The highest BCUT2D eigenvalue weighted by Crippen LogP contribution is 2.46. The lowest BCUT2D eigenvalue weighted by atomic mass is 10.0. The number of rotatable bonds is 8. The minimum Gasteiger partial charge on any atom is -0.454 e. The van der Waals surface area contributed by atoms with Crippen LogP contribution in [0.5, 0.6) is 0 Å². The summed E-state index contributed by atoms with van der Waals surface area (Å²) in [4.78, 5) is 17.5. The molecule has 0 atom stereocenters. The first-order valence-corrected chi connectivity index (χ1v) is 18.7. The van der Waals surface area contributed by atoms with Crippen molar-refractivity contribution in [2.75, 3.05) is 4.90 Å². The first-order valence-electron chi connectivity index (χ1n) is 18.7. The Morgan fingerprint density at radius 1 is 0.339 bits per heavy atom. The predicted molar refractivity (Wildman–Crippen MR) is 229 cm³/mol. The number of fused-ring (bicyclic) bond motifs is 3. The van der Waals surface area contributed by atoms with E-state index in [0.29, 0.717) is 17.5 Å². The lowest BCUT2D eigenvalue weighted by Crippen LogP contribution is -2.10. The molecule has 8 aromatic carbocycles. The van der Waals surface area contributed by atoms with Crippen molar-refractivity contribution in [1.29, 1.82) is 0 Å². The minimum atomic E-state index is 0.576. The molecule has 2 heterocycles. The number of nitrogens with zero attached hydrogens (tertiary/aromatic N) is 4. The van der Waals surface area contributed by atoms with Gasteiger partial charge < -0.3 is 9.32 Å². The number of para-hydroxylation sites is 1. The van der Waals surface area contributed by atoms with Gasteiger partial charge in [0.25, 0.3) is 0 Å². The molecule has 0 saturated carbocycles. The first kappa shape index (κ1) is 33.0. The summed E-state index contributed by atoms with van der Waals surface area (Å²) in [5.41, 5.74) is 11.8. The molecule has 56 heavy (non-hydrogen) atoms. The van der Waals surface area contributed by atoms with E-state index in [0.717, 1.165) is 66.8 Å². The van der Waals surface area contributed by atoms with E-state index in [1.54, 1.807) is 0 Å². The minimum absolute atomic E-state index is 0.576. The van der Waals surface area contributed by atoms with Crippen LogP contribution in [0.25, 0.3) is 78.4 Å². The van der Waals surface area contributed by atoms with Gasteiger partial charge in [0.15, 0.2) is 23.1 Å². The molecule has 10 rings (SSSR count). The van der Waals surface area contributed by atoms with Gasteiger partial charge in [-0.05, 0) is 64.7 Å². The van der Waals surface area contributed by atoms with Crippen LogP contribution < -0.4 is 4.90 Å². The molecule has 0 spiro atoms. The van der Waals surface area contributed by atoms with Crippen molar-refractivity contribution >= 4 is 39.0 Å². The Balaban J connectivity index is 1.19. The summed E-state index contributed by atoms with van der Waals surface area (Å²) in [6.07, 6.45) is 0. The third-order valence-electron chi connectivity index (χ3n) is 10.2. The molecule has 0 aliphatic heterocycles. The van der Waals surface area contributed by atoms with E-state index in [-0.39, 0.29) is 0 Å². The van der Waals surface area contributed by atoms with Crippen molar-refractivity contribution < 1.29 is 4.42 Å². The van der Waals surface area contributed by atoms with Crippen molar-refractivity contribution in [3.63, 3.8) is 0 Å². The molecule has 0 saturated heterocycles.